The Kier molecular flexibility index (Phi) is 4.09. The molecule has 1 aliphatic heterocycles. The molecular formula is C12H14Br2N4S. The van der Waals surface area contributed by atoms with Crippen LogP contribution in [0.5, 0.6) is 0 Å². The molecule has 3 heterocycles. The van der Waals surface area contributed by atoms with Crippen LogP contribution in [0.2, 0.25) is 0 Å². The fourth-order valence-electron chi connectivity index (χ4n) is 2.43. The fourth-order valence-corrected chi connectivity index (χ4v) is 4.67. The van der Waals surface area contributed by atoms with Crippen molar-refractivity contribution in [3.63, 3.8) is 0 Å². The van der Waals surface area contributed by atoms with Gasteiger partial charge in [0.05, 0.1) is 16.4 Å². The van der Waals surface area contributed by atoms with E-state index in [4.69, 9.17) is 5.73 Å². The Labute approximate surface area is 132 Å². The summed E-state index contributed by atoms with van der Waals surface area (Å²) in [6.45, 7) is 3.49. The molecule has 0 amide bonds. The molecule has 2 aromatic heterocycles. The first-order valence-corrected chi connectivity index (χ1v) is 8.48. The molecule has 19 heavy (non-hydrogen) atoms. The molecule has 0 saturated carbocycles. The van der Waals surface area contributed by atoms with Crippen LogP contribution in [0.1, 0.15) is 16.7 Å². The third kappa shape index (κ3) is 2.67. The molecule has 7 heteroatoms. The lowest BCUT2D eigenvalue weighted by atomic mass is 10.2. The molecular weight excluding hydrogens is 392 g/mol. The number of thiophene rings is 1. The molecule has 1 unspecified atom stereocenters. The van der Waals surface area contributed by atoms with Crippen LogP contribution in [0.25, 0.3) is 0 Å². The number of nitrogens with two attached hydrogens (primary N) is 1. The van der Waals surface area contributed by atoms with Gasteiger partial charge in [-0.3, -0.25) is 4.90 Å². The Balaban J connectivity index is 1.84. The number of aromatic nitrogens is 2. The van der Waals surface area contributed by atoms with Gasteiger partial charge in [-0.2, -0.15) is 0 Å². The number of hydrogen-bond donors (Lipinski definition) is 1. The van der Waals surface area contributed by atoms with Gasteiger partial charge < -0.3 is 10.3 Å². The minimum Gasteiger partial charge on any atom is -0.333 e. The monoisotopic (exact) mass is 404 g/mol. The molecule has 0 aliphatic carbocycles. The van der Waals surface area contributed by atoms with Gasteiger partial charge in [-0.15, -0.1) is 11.3 Å². The number of nitrogens with zero attached hydrogens (tertiary/aromatic N) is 3. The normalized spacial score (nSPS) is 17.4. The second-order valence-corrected chi connectivity index (χ2v) is 7.79. The Morgan fingerprint density at radius 3 is 2.95 bits per heavy atom. The van der Waals surface area contributed by atoms with E-state index in [2.05, 4.69) is 52.4 Å². The highest BCUT2D eigenvalue weighted by Gasteiger charge is 2.26. The quantitative estimate of drug-likeness (QED) is 0.853. The standard InChI is InChI=1S/C12H14Br2N4S/c13-8-5-10(19-12(8)14)9(6-15)18-4-3-17-2-1-16-11(17)7-18/h1-2,5,9H,3-4,6-7,15H2. The lowest BCUT2D eigenvalue weighted by molar-refractivity contribution is 0.158. The molecule has 0 saturated heterocycles. The Morgan fingerprint density at radius 1 is 1.42 bits per heavy atom. The van der Waals surface area contributed by atoms with Crippen molar-refractivity contribution in [3.8, 4) is 0 Å². The van der Waals surface area contributed by atoms with E-state index in [-0.39, 0.29) is 6.04 Å². The van der Waals surface area contributed by atoms with Crippen molar-refractivity contribution in [2.24, 2.45) is 5.73 Å². The average Bonchev–Trinajstić information content (AvgIpc) is 2.98. The average molecular weight is 406 g/mol. The van der Waals surface area contributed by atoms with E-state index in [0.29, 0.717) is 6.54 Å². The SMILES string of the molecule is NCC(c1cc(Br)c(Br)s1)N1CCn2ccnc2C1. The van der Waals surface area contributed by atoms with Gasteiger partial charge in [-0.25, -0.2) is 4.98 Å². The van der Waals surface area contributed by atoms with Gasteiger partial charge in [0, 0.05) is 41.4 Å². The zero-order valence-electron chi connectivity index (χ0n) is 10.2. The topological polar surface area (TPSA) is 47.1 Å². The summed E-state index contributed by atoms with van der Waals surface area (Å²) in [6.07, 6.45) is 3.91. The second kappa shape index (κ2) is 5.65. The number of fused-ring (bicyclic) bond motifs is 1. The van der Waals surface area contributed by atoms with Gasteiger partial charge in [-0.1, -0.05) is 0 Å². The van der Waals surface area contributed by atoms with Crippen molar-refractivity contribution in [3.05, 3.63) is 37.4 Å². The van der Waals surface area contributed by atoms with E-state index < -0.39 is 0 Å². The molecule has 2 aromatic rings. The van der Waals surface area contributed by atoms with Gasteiger partial charge in [0.15, 0.2) is 0 Å². The van der Waals surface area contributed by atoms with Gasteiger partial charge in [-0.05, 0) is 37.9 Å². The van der Waals surface area contributed by atoms with Crippen LogP contribution in [-0.2, 0) is 13.1 Å². The second-order valence-electron chi connectivity index (χ2n) is 4.53. The summed E-state index contributed by atoms with van der Waals surface area (Å²) in [5.74, 6) is 1.12. The highest BCUT2D eigenvalue weighted by Crippen LogP contribution is 2.37. The van der Waals surface area contributed by atoms with Crippen molar-refractivity contribution in [2.75, 3.05) is 13.1 Å². The first kappa shape index (κ1) is 13.8. The first-order valence-electron chi connectivity index (χ1n) is 6.08. The summed E-state index contributed by atoms with van der Waals surface area (Å²) in [5, 5.41) is 0. The third-order valence-corrected chi connectivity index (χ3v) is 6.79. The predicted molar refractivity (Wildman–Crippen MR) is 84.2 cm³/mol. The van der Waals surface area contributed by atoms with Crippen LogP contribution in [0.3, 0.4) is 0 Å². The highest BCUT2D eigenvalue weighted by atomic mass is 79.9. The number of rotatable bonds is 3. The molecule has 1 aliphatic rings. The van der Waals surface area contributed by atoms with Gasteiger partial charge >= 0.3 is 0 Å². The summed E-state index contributed by atoms with van der Waals surface area (Å²) in [6, 6.07) is 2.42. The lowest BCUT2D eigenvalue weighted by Crippen LogP contribution is -2.39. The molecule has 4 nitrogen and oxygen atoms in total. The number of hydrogen-bond acceptors (Lipinski definition) is 4. The molecule has 2 N–H and O–H groups in total. The van der Waals surface area contributed by atoms with Crippen molar-refractivity contribution >= 4 is 43.2 Å². The largest absolute Gasteiger partial charge is 0.333 e. The van der Waals surface area contributed by atoms with E-state index >= 15 is 0 Å². The Morgan fingerprint density at radius 2 is 2.26 bits per heavy atom. The van der Waals surface area contributed by atoms with Crippen molar-refractivity contribution < 1.29 is 0 Å². The third-order valence-electron chi connectivity index (χ3n) is 3.43. The summed E-state index contributed by atoms with van der Waals surface area (Å²) in [4.78, 5) is 8.11. The van der Waals surface area contributed by atoms with Crippen LogP contribution in [0.4, 0.5) is 0 Å². The van der Waals surface area contributed by atoms with Crippen LogP contribution >= 0.6 is 43.2 Å². The van der Waals surface area contributed by atoms with Crippen molar-refractivity contribution in [1.82, 2.24) is 14.5 Å². The maximum Gasteiger partial charge on any atom is 0.122 e. The smallest absolute Gasteiger partial charge is 0.122 e. The van der Waals surface area contributed by atoms with Crippen LogP contribution in [0, 0.1) is 0 Å². The van der Waals surface area contributed by atoms with Gasteiger partial charge in [0.2, 0.25) is 0 Å². The maximum absolute atomic E-state index is 6.00. The van der Waals surface area contributed by atoms with Crippen LogP contribution in [-0.4, -0.2) is 27.5 Å². The van der Waals surface area contributed by atoms with Gasteiger partial charge in [0.1, 0.15) is 5.82 Å². The van der Waals surface area contributed by atoms with Crippen molar-refractivity contribution in [1.29, 1.82) is 0 Å². The van der Waals surface area contributed by atoms with E-state index in [1.807, 2.05) is 12.4 Å². The molecule has 0 bridgehead atoms. The Hall–Kier alpha value is -0.210. The first-order chi connectivity index (χ1) is 9.19. The predicted octanol–water partition coefficient (Wildman–Crippen LogP) is 2.99. The molecule has 0 radical (unpaired) electrons. The molecule has 3 rings (SSSR count). The zero-order chi connectivity index (χ0) is 13.4. The summed E-state index contributed by atoms with van der Waals surface area (Å²) in [5.41, 5.74) is 6.00. The van der Waals surface area contributed by atoms with E-state index in [9.17, 15) is 0 Å². The minimum absolute atomic E-state index is 0.262. The summed E-state index contributed by atoms with van der Waals surface area (Å²) < 4.78 is 4.44. The number of halogens is 2. The molecule has 0 spiro atoms. The van der Waals surface area contributed by atoms with E-state index in [1.54, 1.807) is 11.3 Å². The Bertz CT molecular complexity index is 561. The fraction of sp³-hybridized carbons (Fsp3) is 0.417. The maximum atomic E-state index is 6.00. The molecule has 1 atom stereocenters. The van der Waals surface area contributed by atoms with Gasteiger partial charge in [0.25, 0.3) is 0 Å². The van der Waals surface area contributed by atoms with E-state index in [0.717, 1.165) is 33.7 Å². The highest BCUT2D eigenvalue weighted by molar-refractivity contribution is 9.13. The molecule has 0 fully saturated rings. The minimum atomic E-state index is 0.262. The zero-order valence-corrected chi connectivity index (χ0v) is 14.2. The van der Waals surface area contributed by atoms with Crippen LogP contribution in [0.15, 0.2) is 26.7 Å². The summed E-state index contributed by atoms with van der Waals surface area (Å²) in [7, 11) is 0. The van der Waals surface area contributed by atoms with Crippen LogP contribution < -0.4 is 5.73 Å². The molecule has 102 valence electrons. The van der Waals surface area contributed by atoms with E-state index in [1.165, 1.54) is 4.88 Å². The van der Waals surface area contributed by atoms with Crippen molar-refractivity contribution in [2.45, 2.75) is 19.1 Å². The number of imidazole rings is 1. The lowest BCUT2D eigenvalue weighted by Gasteiger charge is -2.33. The molecule has 0 aromatic carbocycles. The summed E-state index contributed by atoms with van der Waals surface area (Å²) >= 11 is 8.84.